The Balaban J connectivity index is 2.14. The van der Waals surface area contributed by atoms with Crippen molar-refractivity contribution in [3.63, 3.8) is 0 Å². The van der Waals surface area contributed by atoms with Gasteiger partial charge in [-0.3, -0.25) is 0 Å². The number of hydrogen-bond acceptors (Lipinski definition) is 3. The molecule has 2 aromatic carbocycles. The molecule has 96 valence electrons. The molecule has 0 bridgehead atoms. The zero-order valence-corrected chi connectivity index (χ0v) is 10.8. The van der Waals surface area contributed by atoms with E-state index in [2.05, 4.69) is 35.4 Å². The number of fused-ring (bicyclic) bond motifs is 1. The van der Waals surface area contributed by atoms with Crippen molar-refractivity contribution in [2.45, 2.75) is 13.0 Å². The molecule has 0 fully saturated rings. The van der Waals surface area contributed by atoms with E-state index in [9.17, 15) is 0 Å². The number of nitrogens with two attached hydrogens (primary N) is 1. The van der Waals surface area contributed by atoms with Crippen LogP contribution in [0.1, 0.15) is 17.2 Å². The highest BCUT2D eigenvalue weighted by Gasteiger charge is 2.16. The first-order chi connectivity index (χ1) is 9.29. The van der Waals surface area contributed by atoms with E-state index >= 15 is 0 Å². The van der Waals surface area contributed by atoms with Crippen molar-refractivity contribution in [2.75, 3.05) is 6.54 Å². The van der Waals surface area contributed by atoms with E-state index in [0.29, 0.717) is 6.54 Å². The van der Waals surface area contributed by atoms with Crippen LogP contribution in [0, 0.1) is 6.92 Å². The highest BCUT2D eigenvalue weighted by atomic mass is 15.4. The van der Waals surface area contributed by atoms with Crippen molar-refractivity contribution in [1.82, 2.24) is 15.0 Å². The summed E-state index contributed by atoms with van der Waals surface area (Å²) in [6.07, 6.45) is 0. The normalized spacial score (nSPS) is 12.7. The molecule has 0 saturated carbocycles. The van der Waals surface area contributed by atoms with Gasteiger partial charge in [-0.1, -0.05) is 41.6 Å². The van der Waals surface area contributed by atoms with E-state index in [1.807, 2.05) is 35.0 Å². The zero-order valence-electron chi connectivity index (χ0n) is 10.8. The van der Waals surface area contributed by atoms with Crippen LogP contribution in [0.25, 0.3) is 11.0 Å². The van der Waals surface area contributed by atoms with E-state index in [1.165, 1.54) is 5.56 Å². The molecule has 4 nitrogen and oxygen atoms in total. The van der Waals surface area contributed by atoms with Crippen molar-refractivity contribution in [3.8, 4) is 0 Å². The van der Waals surface area contributed by atoms with Gasteiger partial charge in [0.25, 0.3) is 0 Å². The Morgan fingerprint density at radius 2 is 1.95 bits per heavy atom. The molecule has 0 saturated heterocycles. The van der Waals surface area contributed by atoms with Crippen LogP contribution in [-0.2, 0) is 0 Å². The summed E-state index contributed by atoms with van der Waals surface area (Å²) < 4.78 is 1.91. The Morgan fingerprint density at radius 3 is 2.68 bits per heavy atom. The first-order valence-electron chi connectivity index (χ1n) is 6.36. The van der Waals surface area contributed by atoms with Gasteiger partial charge in [0, 0.05) is 6.54 Å². The van der Waals surface area contributed by atoms with Crippen LogP contribution in [0.2, 0.25) is 0 Å². The minimum absolute atomic E-state index is 0.0213. The van der Waals surface area contributed by atoms with E-state index < -0.39 is 0 Å². The maximum Gasteiger partial charge on any atom is 0.113 e. The van der Waals surface area contributed by atoms with Crippen molar-refractivity contribution < 1.29 is 0 Å². The van der Waals surface area contributed by atoms with Crippen LogP contribution in [0.4, 0.5) is 0 Å². The standard InChI is InChI=1S/C15H16N4/c1-11-7-8-13-14(9-11)19(18-17-13)15(10-16)12-5-3-2-4-6-12/h2-9,15H,10,16H2,1H3. The molecule has 0 spiro atoms. The van der Waals surface area contributed by atoms with Gasteiger partial charge in [0.2, 0.25) is 0 Å². The molecule has 0 aliphatic heterocycles. The number of nitrogens with zero attached hydrogens (tertiary/aromatic N) is 3. The van der Waals surface area contributed by atoms with Gasteiger partial charge in [0.05, 0.1) is 11.6 Å². The predicted molar refractivity (Wildman–Crippen MR) is 75.9 cm³/mol. The SMILES string of the molecule is Cc1ccc2nnn(C(CN)c3ccccc3)c2c1. The molecule has 1 heterocycles. The Kier molecular flexibility index (Phi) is 3.01. The van der Waals surface area contributed by atoms with Gasteiger partial charge < -0.3 is 5.73 Å². The summed E-state index contributed by atoms with van der Waals surface area (Å²) in [6.45, 7) is 2.56. The Bertz CT molecular complexity index is 688. The van der Waals surface area contributed by atoms with Gasteiger partial charge in [-0.2, -0.15) is 0 Å². The number of rotatable bonds is 3. The lowest BCUT2D eigenvalue weighted by atomic mass is 10.1. The zero-order chi connectivity index (χ0) is 13.2. The fourth-order valence-electron chi connectivity index (χ4n) is 2.33. The lowest BCUT2D eigenvalue weighted by molar-refractivity contribution is 0.529. The average Bonchev–Trinajstić information content (AvgIpc) is 2.84. The average molecular weight is 252 g/mol. The molecule has 0 amide bonds. The quantitative estimate of drug-likeness (QED) is 0.778. The van der Waals surface area contributed by atoms with E-state index in [4.69, 9.17) is 5.73 Å². The number of benzene rings is 2. The van der Waals surface area contributed by atoms with Gasteiger partial charge in [-0.25, -0.2) is 4.68 Å². The topological polar surface area (TPSA) is 56.7 Å². The van der Waals surface area contributed by atoms with Crippen molar-refractivity contribution in [1.29, 1.82) is 0 Å². The molecular formula is C15H16N4. The highest BCUT2D eigenvalue weighted by molar-refractivity contribution is 5.75. The summed E-state index contributed by atoms with van der Waals surface area (Å²) in [7, 11) is 0. The molecule has 1 atom stereocenters. The fraction of sp³-hybridized carbons (Fsp3) is 0.200. The molecular weight excluding hydrogens is 236 g/mol. The van der Waals surface area contributed by atoms with Gasteiger partial charge in [-0.05, 0) is 30.2 Å². The molecule has 0 aliphatic carbocycles. The molecule has 2 N–H and O–H groups in total. The highest BCUT2D eigenvalue weighted by Crippen LogP contribution is 2.22. The van der Waals surface area contributed by atoms with Crippen LogP contribution in [0.15, 0.2) is 48.5 Å². The number of hydrogen-bond donors (Lipinski definition) is 1. The second kappa shape index (κ2) is 4.82. The smallest absolute Gasteiger partial charge is 0.113 e. The molecule has 3 rings (SSSR count). The molecule has 1 unspecified atom stereocenters. The van der Waals surface area contributed by atoms with Crippen molar-refractivity contribution in [2.24, 2.45) is 5.73 Å². The van der Waals surface area contributed by atoms with E-state index in [-0.39, 0.29) is 6.04 Å². The third-order valence-corrected chi connectivity index (χ3v) is 3.33. The molecule has 3 aromatic rings. The number of aromatic nitrogens is 3. The Hall–Kier alpha value is -2.20. The summed E-state index contributed by atoms with van der Waals surface area (Å²) in [5.41, 5.74) is 10.2. The molecule has 0 radical (unpaired) electrons. The minimum Gasteiger partial charge on any atom is -0.328 e. The molecule has 4 heteroatoms. The molecule has 19 heavy (non-hydrogen) atoms. The predicted octanol–water partition coefficient (Wildman–Crippen LogP) is 2.29. The fourth-order valence-corrected chi connectivity index (χ4v) is 2.33. The molecule has 0 aliphatic rings. The first-order valence-corrected chi connectivity index (χ1v) is 6.36. The third kappa shape index (κ3) is 2.11. The Morgan fingerprint density at radius 1 is 1.16 bits per heavy atom. The van der Waals surface area contributed by atoms with E-state index in [1.54, 1.807) is 0 Å². The summed E-state index contributed by atoms with van der Waals surface area (Å²) in [5.74, 6) is 0. The van der Waals surface area contributed by atoms with Gasteiger partial charge >= 0.3 is 0 Å². The van der Waals surface area contributed by atoms with Crippen LogP contribution >= 0.6 is 0 Å². The molecule has 1 aromatic heterocycles. The minimum atomic E-state index is 0.0213. The monoisotopic (exact) mass is 252 g/mol. The van der Waals surface area contributed by atoms with Gasteiger partial charge in [0.1, 0.15) is 5.52 Å². The maximum atomic E-state index is 5.94. The lowest BCUT2D eigenvalue weighted by Gasteiger charge is -2.16. The maximum absolute atomic E-state index is 5.94. The third-order valence-electron chi connectivity index (χ3n) is 3.33. The Labute approximate surface area is 111 Å². The van der Waals surface area contributed by atoms with Crippen LogP contribution in [-0.4, -0.2) is 21.5 Å². The summed E-state index contributed by atoms with van der Waals surface area (Å²) >= 11 is 0. The van der Waals surface area contributed by atoms with Crippen LogP contribution in [0.5, 0.6) is 0 Å². The second-order valence-corrected chi connectivity index (χ2v) is 4.69. The van der Waals surface area contributed by atoms with Crippen LogP contribution in [0.3, 0.4) is 0 Å². The summed E-state index contributed by atoms with van der Waals surface area (Å²) in [6, 6.07) is 16.3. The van der Waals surface area contributed by atoms with Gasteiger partial charge in [0.15, 0.2) is 0 Å². The van der Waals surface area contributed by atoms with Crippen molar-refractivity contribution in [3.05, 3.63) is 59.7 Å². The lowest BCUT2D eigenvalue weighted by Crippen LogP contribution is -2.21. The van der Waals surface area contributed by atoms with Crippen molar-refractivity contribution >= 4 is 11.0 Å². The van der Waals surface area contributed by atoms with Gasteiger partial charge in [-0.15, -0.1) is 5.10 Å². The van der Waals surface area contributed by atoms with Crippen LogP contribution < -0.4 is 5.73 Å². The second-order valence-electron chi connectivity index (χ2n) is 4.69. The first kappa shape index (κ1) is 11.9. The summed E-state index contributed by atoms with van der Waals surface area (Å²) in [4.78, 5) is 0. The van der Waals surface area contributed by atoms with E-state index in [0.717, 1.165) is 16.6 Å². The largest absolute Gasteiger partial charge is 0.328 e. The summed E-state index contributed by atoms with van der Waals surface area (Å²) in [5, 5.41) is 8.48. The number of aryl methyl sites for hydroxylation is 1.